The Kier molecular flexibility index (Phi) is 5.44. The molecule has 5 nitrogen and oxygen atoms in total. The monoisotopic (exact) mass is 334 g/mol. The molecule has 2 unspecified atom stereocenters. The molecule has 23 heavy (non-hydrogen) atoms. The van der Waals surface area contributed by atoms with Crippen molar-refractivity contribution in [2.45, 2.75) is 26.3 Å². The number of nitrogens with zero attached hydrogens (tertiary/aromatic N) is 3. The topological polar surface area (TPSA) is 64.2 Å². The van der Waals surface area contributed by atoms with Gasteiger partial charge >= 0.3 is 0 Å². The van der Waals surface area contributed by atoms with E-state index in [0.717, 1.165) is 24.3 Å². The summed E-state index contributed by atoms with van der Waals surface area (Å²) in [5.74, 6) is 0.400. The number of benzene rings is 1. The minimum absolute atomic E-state index is 0. The molecule has 0 aliphatic carbocycles. The Bertz CT molecular complexity index is 670. The molecule has 0 radical (unpaired) electrons. The van der Waals surface area contributed by atoms with E-state index in [9.17, 15) is 4.79 Å². The van der Waals surface area contributed by atoms with Crippen molar-refractivity contribution in [2.75, 3.05) is 13.1 Å². The molecule has 124 valence electrons. The molecule has 1 aromatic heterocycles. The highest BCUT2D eigenvalue weighted by atomic mass is 35.5. The summed E-state index contributed by atoms with van der Waals surface area (Å²) in [5.41, 5.74) is 8.17. The van der Waals surface area contributed by atoms with E-state index < -0.39 is 0 Å². The predicted molar refractivity (Wildman–Crippen MR) is 93.2 cm³/mol. The second kappa shape index (κ2) is 7.15. The Balaban J connectivity index is 0.00000192. The molecule has 1 aliphatic heterocycles. The van der Waals surface area contributed by atoms with Crippen LogP contribution < -0.4 is 5.73 Å². The first-order chi connectivity index (χ1) is 10.6. The van der Waals surface area contributed by atoms with Gasteiger partial charge in [0.05, 0.1) is 5.69 Å². The van der Waals surface area contributed by atoms with Crippen LogP contribution in [0.4, 0.5) is 0 Å². The number of carbonyl (C=O) groups excluding carboxylic acids is 1. The lowest BCUT2D eigenvalue weighted by molar-refractivity contribution is 0.0737. The molecule has 6 heteroatoms. The average Bonchev–Trinajstić information content (AvgIpc) is 3.10. The Hall–Kier alpha value is -1.85. The first-order valence-electron chi connectivity index (χ1n) is 7.73. The molecular weight excluding hydrogens is 312 g/mol. The summed E-state index contributed by atoms with van der Waals surface area (Å²) < 4.78 is 1.81. The van der Waals surface area contributed by atoms with Gasteiger partial charge in [0.1, 0.15) is 0 Å². The van der Waals surface area contributed by atoms with Crippen LogP contribution in [0.5, 0.6) is 0 Å². The number of rotatable bonds is 3. The van der Waals surface area contributed by atoms with Crippen molar-refractivity contribution in [1.82, 2.24) is 14.7 Å². The third-order valence-electron chi connectivity index (χ3n) is 4.36. The van der Waals surface area contributed by atoms with Crippen molar-refractivity contribution in [3.63, 3.8) is 0 Å². The van der Waals surface area contributed by atoms with Crippen molar-refractivity contribution < 1.29 is 4.79 Å². The van der Waals surface area contributed by atoms with Crippen LogP contribution in [0, 0.1) is 12.8 Å². The minimum Gasteiger partial charge on any atom is -0.334 e. The van der Waals surface area contributed by atoms with E-state index in [1.165, 1.54) is 0 Å². The van der Waals surface area contributed by atoms with Gasteiger partial charge in [0.15, 0.2) is 5.69 Å². The fraction of sp³-hybridized carbons (Fsp3) is 0.412. The molecule has 0 bridgehead atoms. The third-order valence-corrected chi connectivity index (χ3v) is 4.36. The van der Waals surface area contributed by atoms with Crippen LogP contribution in [-0.2, 0) is 0 Å². The van der Waals surface area contributed by atoms with Crippen molar-refractivity contribution in [3.05, 3.63) is 47.8 Å². The summed E-state index contributed by atoms with van der Waals surface area (Å²) in [5, 5.41) is 4.50. The maximum absolute atomic E-state index is 12.7. The summed E-state index contributed by atoms with van der Waals surface area (Å²) in [6.45, 7) is 5.40. The SMILES string of the molecule is Cc1cc(C(=O)N2CC(CN)CC2C)nn1-c1ccccc1.Cl. The van der Waals surface area contributed by atoms with Gasteiger partial charge in [0.2, 0.25) is 0 Å². The fourth-order valence-corrected chi connectivity index (χ4v) is 3.15. The standard InChI is InChI=1S/C17H22N4O.ClH/c1-12-8-14(10-18)11-20(12)17(22)16-9-13(2)21(19-16)15-6-4-3-5-7-15;/h3-7,9,12,14H,8,10-11,18H2,1-2H3;1H. The van der Waals surface area contributed by atoms with Gasteiger partial charge in [0, 0.05) is 18.3 Å². The normalized spacial score (nSPS) is 20.4. The van der Waals surface area contributed by atoms with E-state index in [1.807, 2.05) is 52.9 Å². The lowest BCUT2D eigenvalue weighted by Gasteiger charge is -2.20. The van der Waals surface area contributed by atoms with E-state index in [0.29, 0.717) is 18.2 Å². The highest BCUT2D eigenvalue weighted by Gasteiger charge is 2.33. The van der Waals surface area contributed by atoms with Crippen LogP contribution in [-0.4, -0.2) is 39.7 Å². The number of carbonyl (C=O) groups is 1. The van der Waals surface area contributed by atoms with Gasteiger partial charge in [-0.1, -0.05) is 18.2 Å². The second-order valence-electron chi connectivity index (χ2n) is 6.06. The first-order valence-corrected chi connectivity index (χ1v) is 7.73. The molecule has 1 amide bonds. The Morgan fingerprint density at radius 3 is 2.65 bits per heavy atom. The van der Waals surface area contributed by atoms with Crippen molar-refractivity contribution in [2.24, 2.45) is 11.7 Å². The quantitative estimate of drug-likeness (QED) is 0.937. The van der Waals surface area contributed by atoms with Crippen LogP contribution in [0.3, 0.4) is 0 Å². The molecular formula is C17H23ClN4O. The molecule has 2 atom stereocenters. The summed E-state index contributed by atoms with van der Waals surface area (Å²) in [6.07, 6.45) is 0.973. The van der Waals surface area contributed by atoms with Gasteiger partial charge in [-0.3, -0.25) is 4.79 Å². The van der Waals surface area contributed by atoms with Crippen LogP contribution >= 0.6 is 12.4 Å². The molecule has 0 saturated carbocycles. The number of likely N-dealkylation sites (tertiary alicyclic amines) is 1. The van der Waals surface area contributed by atoms with E-state index in [-0.39, 0.29) is 24.4 Å². The largest absolute Gasteiger partial charge is 0.334 e. The maximum atomic E-state index is 12.7. The number of aromatic nitrogens is 2. The Morgan fingerprint density at radius 1 is 1.35 bits per heavy atom. The molecule has 1 saturated heterocycles. The number of amides is 1. The number of halogens is 1. The molecule has 2 N–H and O–H groups in total. The summed E-state index contributed by atoms with van der Waals surface area (Å²) in [4.78, 5) is 14.6. The summed E-state index contributed by atoms with van der Waals surface area (Å²) in [7, 11) is 0. The van der Waals surface area contributed by atoms with Gasteiger partial charge in [-0.2, -0.15) is 5.10 Å². The lowest BCUT2D eigenvalue weighted by atomic mass is 10.1. The van der Waals surface area contributed by atoms with Crippen LogP contribution in [0.25, 0.3) is 5.69 Å². The number of hydrogen-bond donors (Lipinski definition) is 1. The van der Waals surface area contributed by atoms with Crippen LogP contribution in [0.15, 0.2) is 36.4 Å². The zero-order valence-corrected chi connectivity index (χ0v) is 14.3. The van der Waals surface area contributed by atoms with Crippen molar-refractivity contribution in [3.8, 4) is 5.69 Å². The Labute approximate surface area is 142 Å². The molecule has 0 spiro atoms. The van der Waals surface area contributed by atoms with Crippen LogP contribution in [0.2, 0.25) is 0 Å². The first kappa shape index (κ1) is 17.5. The molecule has 3 rings (SSSR count). The number of para-hydroxylation sites is 1. The number of nitrogens with two attached hydrogens (primary N) is 1. The molecule has 1 aromatic carbocycles. The van der Waals surface area contributed by atoms with Crippen molar-refractivity contribution in [1.29, 1.82) is 0 Å². The average molecular weight is 335 g/mol. The number of aryl methyl sites for hydroxylation is 1. The predicted octanol–water partition coefficient (Wildman–Crippen LogP) is 2.41. The molecule has 1 aliphatic rings. The number of hydrogen-bond acceptors (Lipinski definition) is 3. The fourth-order valence-electron chi connectivity index (χ4n) is 3.15. The van der Waals surface area contributed by atoms with Gasteiger partial charge in [-0.05, 0) is 50.9 Å². The Morgan fingerprint density at radius 2 is 2.04 bits per heavy atom. The third kappa shape index (κ3) is 3.41. The van der Waals surface area contributed by atoms with Gasteiger partial charge in [-0.25, -0.2) is 4.68 Å². The summed E-state index contributed by atoms with van der Waals surface area (Å²) >= 11 is 0. The van der Waals surface area contributed by atoms with Crippen molar-refractivity contribution >= 4 is 18.3 Å². The highest BCUT2D eigenvalue weighted by molar-refractivity contribution is 5.93. The molecule has 2 aromatic rings. The highest BCUT2D eigenvalue weighted by Crippen LogP contribution is 2.24. The van der Waals surface area contributed by atoms with Gasteiger partial charge in [0.25, 0.3) is 5.91 Å². The van der Waals surface area contributed by atoms with E-state index in [2.05, 4.69) is 12.0 Å². The van der Waals surface area contributed by atoms with Crippen LogP contribution in [0.1, 0.15) is 29.5 Å². The smallest absolute Gasteiger partial charge is 0.274 e. The van der Waals surface area contributed by atoms with E-state index in [1.54, 1.807) is 0 Å². The molecule has 2 heterocycles. The maximum Gasteiger partial charge on any atom is 0.274 e. The zero-order valence-electron chi connectivity index (χ0n) is 13.5. The lowest BCUT2D eigenvalue weighted by Crippen LogP contribution is -2.34. The van der Waals surface area contributed by atoms with E-state index >= 15 is 0 Å². The van der Waals surface area contributed by atoms with E-state index in [4.69, 9.17) is 5.73 Å². The molecule has 1 fully saturated rings. The van der Waals surface area contributed by atoms with Gasteiger partial charge in [-0.15, -0.1) is 12.4 Å². The second-order valence-corrected chi connectivity index (χ2v) is 6.06. The minimum atomic E-state index is 0. The summed E-state index contributed by atoms with van der Waals surface area (Å²) in [6, 6.07) is 11.9. The zero-order chi connectivity index (χ0) is 15.7. The van der Waals surface area contributed by atoms with Gasteiger partial charge < -0.3 is 10.6 Å².